The number of rotatable bonds is 7. The first-order valence-electron chi connectivity index (χ1n) is 19.3. The van der Waals surface area contributed by atoms with Crippen molar-refractivity contribution in [1.82, 2.24) is 24.5 Å². The predicted octanol–water partition coefficient (Wildman–Crippen LogP) is 12.8. The summed E-state index contributed by atoms with van der Waals surface area (Å²) < 4.78 is 9.06. The highest BCUT2D eigenvalue weighted by molar-refractivity contribution is 6.18. The lowest BCUT2D eigenvalue weighted by Crippen LogP contribution is -2.14. The minimum Gasteiger partial charge on any atom is -0.434 e. The summed E-state index contributed by atoms with van der Waals surface area (Å²) >= 11 is 0. The molecule has 10 rings (SSSR count). The molecule has 3 heterocycles. The first kappa shape index (κ1) is 33.6. The highest BCUT2D eigenvalue weighted by atomic mass is 16.3. The van der Waals surface area contributed by atoms with Gasteiger partial charge in [-0.1, -0.05) is 112 Å². The van der Waals surface area contributed by atoms with Gasteiger partial charge in [0.05, 0.1) is 11.0 Å². The van der Waals surface area contributed by atoms with Crippen molar-refractivity contribution in [1.29, 1.82) is 0 Å². The van der Waals surface area contributed by atoms with Gasteiger partial charge in [-0.3, -0.25) is 0 Å². The quantitative estimate of drug-likeness (QED) is 0.153. The van der Waals surface area contributed by atoms with E-state index >= 15 is 0 Å². The molecule has 3 aromatic heterocycles. The van der Waals surface area contributed by atoms with Gasteiger partial charge in [-0.15, -0.1) is 0 Å². The van der Waals surface area contributed by atoms with Crippen LogP contribution in [0.3, 0.4) is 0 Å². The second kappa shape index (κ2) is 13.1. The SMILES string of the molecule is C/C=C\C(=C/CC)c1nc(-c2ccccc2)nc(-c2ccc(-n3c4cc5c(cc4c4ccc6nc(-c7ccccc7)oc6c43)-c3ccccc3C5(C)C)cc2)n1. The molecule has 0 aliphatic heterocycles. The second-order valence-electron chi connectivity index (χ2n) is 14.9. The maximum Gasteiger partial charge on any atom is 0.227 e. The van der Waals surface area contributed by atoms with E-state index in [0.29, 0.717) is 23.4 Å². The van der Waals surface area contributed by atoms with E-state index in [1.807, 2.05) is 73.7 Å². The van der Waals surface area contributed by atoms with Crippen LogP contribution in [0, 0.1) is 0 Å². The number of oxazole rings is 1. The van der Waals surface area contributed by atoms with Crippen LogP contribution in [0.5, 0.6) is 0 Å². The van der Waals surface area contributed by atoms with Gasteiger partial charge in [0.15, 0.2) is 23.1 Å². The highest BCUT2D eigenvalue weighted by Crippen LogP contribution is 2.51. The van der Waals surface area contributed by atoms with Crippen molar-refractivity contribution in [2.45, 2.75) is 39.5 Å². The van der Waals surface area contributed by atoms with Crippen molar-refractivity contribution in [3.8, 4) is 51.0 Å². The molecule has 0 fully saturated rings. The minimum absolute atomic E-state index is 0.155. The lowest BCUT2D eigenvalue weighted by Gasteiger charge is -2.21. The highest BCUT2D eigenvalue weighted by Gasteiger charge is 2.36. The van der Waals surface area contributed by atoms with E-state index in [2.05, 4.69) is 110 Å². The zero-order valence-electron chi connectivity index (χ0n) is 31.8. The first-order chi connectivity index (χ1) is 27.4. The number of hydrogen-bond acceptors (Lipinski definition) is 5. The second-order valence-corrected chi connectivity index (χ2v) is 14.9. The molecule has 0 bridgehead atoms. The summed E-state index contributed by atoms with van der Waals surface area (Å²) in [5.74, 6) is 2.52. The van der Waals surface area contributed by atoms with E-state index in [1.54, 1.807) is 0 Å². The molecule has 1 aliphatic rings. The van der Waals surface area contributed by atoms with Crippen molar-refractivity contribution in [2.24, 2.45) is 0 Å². The molecule has 6 nitrogen and oxygen atoms in total. The van der Waals surface area contributed by atoms with Crippen LogP contribution in [0.25, 0.3) is 89.5 Å². The van der Waals surface area contributed by atoms with Crippen molar-refractivity contribution < 1.29 is 4.42 Å². The third-order valence-electron chi connectivity index (χ3n) is 11.1. The molecule has 0 unspecified atom stereocenters. The summed E-state index contributed by atoms with van der Waals surface area (Å²) in [5.41, 5.74) is 13.5. The molecule has 0 amide bonds. The number of allylic oxidation sites excluding steroid dienone is 4. The Balaban J connectivity index is 1.20. The van der Waals surface area contributed by atoms with E-state index in [1.165, 1.54) is 27.6 Å². The van der Waals surface area contributed by atoms with E-state index in [9.17, 15) is 0 Å². The topological polar surface area (TPSA) is 69.6 Å². The maximum absolute atomic E-state index is 6.71. The molecule has 0 radical (unpaired) electrons. The fourth-order valence-electron chi connectivity index (χ4n) is 8.39. The largest absolute Gasteiger partial charge is 0.434 e. The third kappa shape index (κ3) is 5.32. The molecule has 1 aliphatic carbocycles. The summed E-state index contributed by atoms with van der Waals surface area (Å²) in [6.07, 6.45) is 7.11. The Hall–Kier alpha value is -6.92. The lowest BCUT2D eigenvalue weighted by atomic mass is 9.82. The van der Waals surface area contributed by atoms with Gasteiger partial charge >= 0.3 is 0 Å². The molecule has 0 saturated heterocycles. The maximum atomic E-state index is 6.71. The fraction of sp³-hybridized carbons (Fsp3) is 0.120. The van der Waals surface area contributed by atoms with E-state index < -0.39 is 0 Å². The van der Waals surface area contributed by atoms with Crippen LogP contribution in [0.4, 0.5) is 0 Å². The average molecular weight is 726 g/mol. The third-order valence-corrected chi connectivity index (χ3v) is 11.1. The Bertz CT molecular complexity index is 3020. The standard InChI is InChI=1S/C50H39N5O/c1-5-15-31(16-6-2)46-52-47(32-17-9-7-10-18-32)54-48(53-46)33-23-25-35(26-24-33)55-43-30-41-38(36-21-13-14-22-40(36)50(41,3)4)29-39(43)37-27-28-42-45(44(37)55)56-49(51-42)34-19-11-8-12-20-34/h5,7-30H,6H2,1-4H3/b15-5-,31-16+. The van der Waals surface area contributed by atoms with Crippen LogP contribution in [-0.4, -0.2) is 24.5 Å². The number of nitrogens with zero attached hydrogens (tertiary/aromatic N) is 5. The summed E-state index contributed by atoms with van der Waals surface area (Å²) in [5, 5.41) is 2.29. The average Bonchev–Trinajstić information content (AvgIpc) is 3.89. The zero-order valence-corrected chi connectivity index (χ0v) is 31.8. The van der Waals surface area contributed by atoms with Gasteiger partial charge in [0.2, 0.25) is 5.89 Å². The summed E-state index contributed by atoms with van der Waals surface area (Å²) in [6, 6.07) is 46.6. The van der Waals surface area contributed by atoms with E-state index in [4.69, 9.17) is 24.4 Å². The number of aromatic nitrogens is 5. The monoisotopic (exact) mass is 725 g/mol. The number of benzene rings is 6. The van der Waals surface area contributed by atoms with Crippen LogP contribution >= 0.6 is 0 Å². The molecule has 6 aromatic carbocycles. The van der Waals surface area contributed by atoms with Gasteiger partial charge in [0.1, 0.15) is 5.52 Å². The van der Waals surface area contributed by atoms with Crippen molar-refractivity contribution in [3.63, 3.8) is 0 Å². The van der Waals surface area contributed by atoms with E-state index in [-0.39, 0.29) is 5.41 Å². The number of fused-ring (bicyclic) bond motifs is 8. The number of hydrogen-bond donors (Lipinski definition) is 0. The summed E-state index contributed by atoms with van der Waals surface area (Å²) in [4.78, 5) is 20.0. The molecule has 6 heteroatoms. The molecule has 9 aromatic rings. The van der Waals surface area contributed by atoms with Gasteiger partial charge in [-0.2, -0.15) is 0 Å². The fourth-order valence-corrected chi connectivity index (χ4v) is 8.39. The molecule has 270 valence electrons. The van der Waals surface area contributed by atoms with Crippen LogP contribution in [0.2, 0.25) is 0 Å². The molecule has 0 atom stereocenters. The molecular formula is C50H39N5O. The lowest BCUT2D eigenvalue weighted by molar-refractivity contribution is 0.621. The van der Waals surface area contributed by atoms with Gasteiger partial charge in [0, 0.05) is 44.1 Å². The Morgan fingerprint density at radius 2 is 1.34 bits per heavy atom. The van der Waals surface area contributed by atoms with E-state index in [0.717, 1.165) is 61.9 Å². The van der Waals surface area contributed by atoms with Crippen molar-refractivity contribution in [3.05, 3.63) is 169 Å². The molecule has 0 saturated carbocycles. The van der Waals surface area contributed by atoms with Crippen LogP contribution < -0.4 is 0 Å². The van der Waals surface area contributed by atoms with Crippen molar-refractivity contribution >= 4 is 38.5 Å². The van der Waals surface area contributed by atoms with Gasteiger partial charge in [-0.25, -0.2) is 19.9 Å². The smallest absolute Gasteiger partial charge is 0.227 e. The van der Waals surface area contributed by atoms with Crippen LogP contribution in [-0.2, 0) is 5.41 Å². The summed E-state index contributed by atoms with van der Waals surface area (Å²) in [7, 11) is 0. The zero-order chi connectivity index (χ0) is 38.0. The van der Waals surface area contributed by atoms with Crippen LogP contribution in [0.15, 0.2) is 156 Å². The molecule has 0 N–H and O–H groups in total. The first-order valence-corrected chi connectivity index (χ1v) is 19.3. The minimum atomic E-state index is -0.155. The molecule has 56 heavy (non-hydrogen) atoms. The van der Waals surface area contributed by atoms with Gasteiger partial charge in [0.25, 0.3) is 0 Å². The molecular weight excluding hydrogens is 687 g/mol. The van der Waals surface area contributed by atoms with Crippen LogP contribution in [0.1, 0.15) is 51.1 Å². The van der Waals surface area contributed by atoms with Gasteiger partial charge < -0.3 is 8.98 Å². The molecule has 0 spiro atoms. The van der Waals surface area contributed by atoms with Gasteiger partial charge in [-0.05, 0) is 96.3 Å². The Morgan fingerprint density at radius 3 is 2.05 bits per heavy atom. The Kier molecular flexibility index (Phi) is 7.89. The Labute approximate surface area is 325 Å². The summed E-state index contributed by atoms with van der Waals surface area (Å²) in [6.45, 7) is 8.80. The van der Waals surface area contributed by atoms with Crippen molar-refractivity contribution in [2.75, 3.05) is 0 Å². The normalized spacial score (nSPS) is 13.6. The predicted molar refractivity (Wildman–Crippen MR) is 229 cm³/mol. The Morgan fingerprint density at radius 1 is 0.661 bits per heavy atom.